The van der Waals surface area contributed by atoms with E-state index in [0.717, 1.165) is 61.0 Å². The molecule has 2 saturated heterocycles. The SMILES string of the molecule is C=CC(=O)OCCCCCCOc1ccc(/C=C/C(=O)O[C@@H]2CO[C@H]3[C@@H]2OC[C@@H]3C=Cc2ccc(C(=C)OCCCOCCCOC)cc2)cc1. The summed E-state index contributed by atoms with van der Waals surface area (Å²) in [6, 6.07) is 15.6. The van der Waals surface area contributed by atoms with E-state index in [4.69, 9.17) is 37.9 Å². The highest BCUT2D eigenvalue weighted by atomic mass is 16.6. The summed E-state index contributed by atoms with van der Waals surface area (Å²) in [5.74, 6) is 0.629. The Labute approximate surface area is 302 Å². The Kier molecular flexibility index (Phi) is 17.5. The van der Waals surface area contributed by atoms with Gasteiger partial charge in [0.2, 0.25) is 0 Å². The van der Waals surface area contributed by atoms with E-state index in [1.165, 1.54) is 12.2 Å². The van der Waals surface area contributed by atoms with Gasteiger partial charge in [0, 0.05) is 57.0 Å². The lowest BCUT2D eigenvalue weighted by Gasteiger charge is -2.15. The van der Waals surface area contributed by atoms with Crippen molar-refractivity contribution in [3.05, 3.63) is 96.6 Å². The lowest BCUT2D eigenvalue weighted by molar-refractivity contribution is -0.147. The van der Waals surface area contributed by atoms with Crippen molar-refractivity contribution in [3.8, 4) is 5.75 Å². The first-order chi connectivity index (χ1) is 25.0. The van der Waals surface area contributed by atoms with Crippen LogP contribution in [0.25, 0.3) is 17.9 Å². The summed E-state index contributed by atoms with van der Waals surface area (Å²) >= 11 is 0. The van der Waals surface area contributed by atoms with Gasteiger partial charge in [-0.3, -0.25) is 0 Å². The maximum atomic E-state index is 12.6. The van der Waals surface area contributed by atoms with Crippen LogP contribution in [0, 0.1) is 5.92 Å². The first kappa shape index (κ1) is 39.6. The summed E-state index contributed by atoms with van der Waals surface area (Å²) < 4.78 is 44.9. The molecule has 2 aromatic rings. The van der Waals surface area contributed by atoms with Crippen LogP contribution < -0.4 is 4.74 Å². The smallest absolute Gasteiger partial charge is 0.331 e. The molecule has 0 amide bonds. The highest BCUT2D eigenvalue weighted by Crippen LogP contribution is 2.34. The second-order valence-electron chi connectivity index (χ2n) is 12.3. The van der Waals surface area contributed by atoms with Gasteiger partial charge in [0.1, 0.15) is 17.6 Å². The van der Waals surface area contributed by atoms with Crippen LogP contribution in [0.15, 0.2) is 79.9 Å². The number of hydrogen-bond donors (Lipinski definition) is 0. The van der Waals surface area contributed by atoms with Crippen LogP contribution in [-0.2, 0) is 42.7 Å². The average Bonchev–Trinajstić information content (AvgIpc) is 3.75. The predicted octanol–water partition coefficient (Wildman–Crippen LogP) is 6.84. The van der Waals surface area contributed by atoms with Crippen LogP contribution in [0.5, 0.6) is 5.75 Å². The fourth-order valence-electron chi connectivity index (χ4n) is 5.63. The first-order valence-electron chi connectivity index (χ1n) is 17.8. The van der Waals surface area contributed by atoms with Gasteiger partial charge >= 0.3 is 11.9 Å². The molecule has 4 rings (SSSR count). The van der Waals surface area contributed by atoms with E-state index >= 15 is 0 Å². The Morgan fingerprint density at radius 3 is 2.16 bits per heavy atom. The summed E-state index contributed by atoms with van der Waals surface area (Å²) in [6.45, 7) is 11.8. The molecule has 0 N–H and O–H groups in total. The lowest BCUT2D eigenvalue weighted by Crippen LogP contribution is -2.32. The topological polar surface area (TPSA) is 108 Å². The van der Waals surface area contributed by atoms with Crippen LogP contribution in [0.4, 0.5) is 0 Å². The number of benzene rings is 2. The Morgan fingerprint density at radius 1 is 0.745 bits per heavy atom. The third-order valence-corrected chi connectivity index (χ3v) is 8.44. The van der Waals surface area contributed by atoms with E-state index in [0.29, 0.717) is 58.6 Å². The molecule has 4 atom stereocenters. The highest BCUT2D eigenvalue weighted by molar-refractivity contribution is 5.87. The first-order valence-corrected chi connectivity index (χ1v) is 17.8. The molecule has 0 saturated carbocycles. The quantitative estimate of drug-likeness (QED) is 0.0499. The summed E-state index contributed by atoms with van der Waals surface area (Å²) in [6.07, 6.45) is 12.9. The lowest BCUT2D eigenvalue weighted by atomic mass is 9.99. The number of fused-ring (bicyclic) bond motifs is 1. The molecule has 0 aliphatic carbocycles. The van der Waals surface area contributed by atoms with Crippen molar-refractivity contribution in [1.29, 1.82) is 0 Å². The second kappa shape index (κ2) is 22.6. The van der Waals surface area contributed by atoms with Crippen LogP contribution in [0.2, 0.25) is 0 Å². The monoisotopic (exact) mass is 704 g/mol. The number of esters is 2. The third-order valence-electron chi connectivity index (χ3n) is 8.44. The molecule has 0 aromatic heterocycles. The molecular formula is C41H52O10. The predicted molar refractivity (Wildman–Crippen MR) is 196 cm³/mol. The maximum absolute atomic E-state index is 12.6. The van der Waals surface area contributed by atoms with Crippen LogP contribution in [0.3, 0.4) is 0 Å². The van der Waals surface area contributed by atoms with Gasteiger partial charge < -0.3 is 37.9 Å². The van der Waals surface area contributed by atoms with Gasteiger partial charge in [-0.15, -0.1) is 0 Å². The van der Waals surface area contributed by atoms with Crippen molar-refractivity contribution in [1.82, 2.24) is 0 Å². The second-order valence-corrected chi connectivity index (χ2v) is 12.3. The van der Waals surface area contributed by atoms with Gasteiger partial charge in [0.15, 0.2) is 6.10 Å². The van der Waals surface area contributed by atoms with Gasteiger partial charge in [0.05, 0.1) is 39.1 Å². The Hall–Kier alpha value is -4.22. The average molecular weight is 705 g/mol. The molecule has 276 valence electrons. The van der Waals surface area contributed by atoms with Crippen LogP contribution in [-0.4, -0.2) is 90.2 Å². The van der Waals surface area contributed by atoms with E-state index in [1.54, 1.807) is 13.2 Å². The molecule has 0 radical (unpaired) electrons. The molecule has 2 aliphatic rings. The zero-order valence-corrected chi connectivity index (χ0v) is 29.7. The minimum absolute atomic E-state index is 0.0543. The van der Waals surface area contributed by atoms with Gasteiger partial charge in [-0.1, -0.05) is 61.7 Å². The Morgan fingerprint density at radius 2 is 1.41 bits per heavy atom. The molecule has 2 aromatic carbocycles. The van der Waals surface area contributed by atoms with Crippen molar-refractivity contribution >= 4 is 29.8 Å². The zero-order chi connectivity index (χ0) is 36.1. The molecule has 0 bridgehead atoms. The molecule has 0 unspecified atom stereocenters. The zero-order valence-electron chi connectivity index (χ0n) is 29.7. The van der Waals surface area contributed by atoms with Gasteiger partial charge in [-0.2, -0.15) is 0 Å². The maximum Gasteiger partial charge on any atom is 0.331 e. The number of carbonyl (C=O) groups is 2. The van der Waals surface area contributed by atoms with Gasteiger partial charge in [0.25, 0.3) is 0 Å². The molecule has 0 spiro atoms. The van der Waals surface area contributed by atoms with Gasteiger partial charge in [-0.25, -0.2) is 9.59 Å². The third kappa shape index (κ3) is 14.1. The van der Waals surface area contributed by atoms with Crippen molar-refractivity contribution in [2.75, 3.05) is 60.0 Å². The Balaban J connectivity index is 1.11. The summed E-state index contributed by atoms with van der Waals surface area (Å²) in [5, 5.41) is 0. The van der Waals surface area contributed by atoms with E-state index in [9.17, 15) is 9.59 Å². The number of unbranched alkanes of at least 4 members (excludes halogenated alkanes) is 3. The molecule has 10 heteroatoms. The van der Waals surface area contributed by atoms with Crippen LogP contribution >= 0.6 is 0 Å². The van der Waals surface area contributed by atoms with E-state index in [-0.39, 0.29) is 24.1 Å². The molecule has 10 nitrogen and oxygen atoms in total. The minimum atomic E-state index is -0.462. The minimum Gasteiger partial charge on any atom is -0.494 e. The van der Waals surface area contributed by atoms with E-state index in [1.807, 2.05) is 48.5 Å². The molecular weight excluding hydrogens is 652 g/mol. The van der Waals surface area contributed by atoms with Gasteiger partial charge in [-0.05, 0) is 61.4 Å². The van der Waals surface area contributed by atoms with E-state index in [2.05, 4.69) is 25.3 Å². The standard InChI is InChI=1S/C41H52O10/c1-4-38(42)48-27-8-6-5-7-26-47-36-20-14-33(15-21-36)16-22-39(43)51-37-30-50-40-35(29-49-41(37)40)19-13-32-11-17-34(18-12-32)31(2)46-28-10-25-45-24-9-23-44-3/h4,11-22,35,37,40-41H,1-2,5-10,23-30H2,3H3/b19-13?,22-16+/t35-,37+,40+,41+/m0/s1. The Bertz CT molecular complexity index is 1410. The molecule has 2 aliphatic heterocycles. The fraction of sp³-hybridized carbons (Fsp3) is 0.463. The number of methoxy groups -OCH3 is 1. The summed E-state index contributed by atoms with van der Waals surface area (Å²) in [7, 11) is 1.69. The van der Waals surface area contributed by atoms with Crippen molar-refractivity contribution in [3.63, 3.8) is 0 Å². The van der Waals surface area contributed by atoms with Crippen molar-refractivity contribution in [2.45, 2.75) is 56.8 Å². The molecule has 2 fully saturated rings. The number of ether oxygens (including phenoxy) is 8. The summed E-state index contributed by atoms with van der Waals surface area (Å²) in [5.41, 5.74) is 2.83. The van der Waals surface area contributed by atoms with Crippen molar-refractivity contribution < 1.29 is 47.5 Å². The highest BCUT2D eigenvalue weighted by Gasteiger charge is 2.48. The van der Waals surface area contributed by atoms with E-state index < -0.39 is 12.1 Å². The number of hydrogen-bond acceptors (Lipinski definition) is 10. The summed E-state index contributed by atoms with van der Waals surface area (Å²) in [4.78, 5) is 23.7. The van der Waals surface area contributed by atoms with Crippen LogP contribution in [0.1, 0.15) is 55.2 Å². The van der Waals surface area contributed by atoms with Crippen molar-refractivity contribution in [2.24, 2.45) is 5.92 Å². The largest absolute Gasteiger partial charge is 0.494 e. The number of carbonyl (C=O) groups excluding carboxylic acids is 2. The molecule has 2 heterocycles. The molecule has 51 heavy (non-hydrogen) atoms. The fourth-order valence-corrected chi connectivity index (χ4v) is 5.63. The number of rotatable bonds is 24. The normalized spacial score (nSPS) is 19.6.